The number of nitrogens with one attached hydrogen (secondary N) is 1. The molecule has 108 valence electrons. The average molecular weight is 307 g/mol. The third kappa shape index (κ3) is 3.11. The number of carbonyl (C=O) groups excluding carboxylic acids is 1. The number of anilines is 1. The molecule has 1 heterocycles. The maximum Gasteiger partial charge on any atom is 0.339 e. The standard InChI is InChI=1S/C14H11ClN2O4/c1-17-6-5-8(7-11(17)18)13(19)16-10-4-2-3-9(15)12(10)14(20)21/h2-7H,1H3,(H,16,19)(H,20,21). The van der Waals surface area contributed by atoms with Crippen molar-refractivity contribution in [1.29, 1.82) is 0 Å². The van der Waals surface area contributed by atoms with Crippen LogP contribution >= 0.6 is 11.6 Å². The smallest absolute Gasteiger partial charge is 0.339 e. The summed E-state index contributed by atoms with van der Waals surface area (Å²) >= 11 is 5.81. The van der Waals surface area contributed by atoms with Crippen LogP contribution in [0.15, 0.2) is 41.3 Å². The Morgan fingerprint density at radius 1 is 1.29 bits per heavy atom. The summed E-state index contributed by atoms with van der Waals surface area (Å²) in [4.78, 5) is 34.7. The topological polar surface area (TPSA) is 88.4 Å². The third-order valence-corrected chi connectivity index (χ3v) is 3.16. The van der Waals surface area contributed by atoms with Crippen molar-refractivity contribution in [2.45, 2.75) is 0 Å². The van der Waals surface area contributed by atoms with Crippen LogP contribution in [-0.4, -0.2) is 21.6 Å². The van der Waals surface area contributed by atoms with Gasteiger partial charge in [-0.1, -0.05) is 17.7 Å². The van der Waals surface area contributed by atoms with E-state index in [1.807, 2.05) is 0 Å². The van der Waals surface area contributed by atoms with E-state index in [-0.39, 0.29) is 27.4 Å². The molecule has 0 fully saturated rings. The van der Waals surface area contributed by atoms with Crippen LogP contribution in [0.5, 0.6) is 0 Å². The van der Waals surface area contributed by atoms with Crippen LogP contribution in [-0.2, 0) is 7.05 Å². The highest BCUT2D eigenvalue weighted by Gasteiger charge is 2.17. The molecule has 0 saturated carbocycles. The number of aryl methyl sites for hydroxylation is 1. The first-order chi connectivity index (χ1) is 9.90. The Morgan fingerprint density at radius 3 is 2.62 bits per heavy atom. The van der Waals surface area contributed by atoms with Crippen LogP contribution in [0.4, 0.5) is 5.69 Å². The minimum Gasteiger partial charge on any atom is -0.478 e. The van der Waals surface area contributed by atoms with Gasteiger partial charge in [0.25, 0.3) is 11.5 Å². The zero-order valence-corrected chi connectivity index (χ0v) is 11.7. The molecule has 0 aliphatic heterocycles. The van der Waals surface area contributed by atoms with Crippen molar-refractivity contribution in [3.8, 4) is 0 Å². The third-order valence-electron chi connectivity index (χ3n) is 2.84. The molecule has 1 aromatic carbocycles. The molecule has 0 radical (unpaired) electrons. The highest BCUT2D eigenvalue weighted by atomic mass is 35.5. The van der Waals surface area contributed by atoms with Gasteiger partial charge in [-0.15, -0.1) is 0 Å². The largest absolute Gasteiger partial charge is 0.478 e. The first-order valence-electron chi connectivity index (χ1n) is 5.90. The summed E-state index contributed by atoms with van der Waals surface area (Å²) in [5.74, 6) is -1.84. The fourth-order valence-corrected chi connectivity index (χ4v) is 1.99. The van der Waals surface area contributed by atoms with E-state index >= 15 is 0 Å². The Hall–Kier alpha value is -2.60. The summed E-state index contributed by atoms with van der Waals surface area (Å²) in [6.45, 7) is 0. The van der Waals surface area contributed by atoms with E-state index < -0.39 is 11.9 Å². The van der Waals surface area contributed by atoms with Crippen LogP contribution in [0, 0.1) is 0 Å². The second-order valence-corrected chi connectivity index (χ2v) is 4.69. The molecular weight excluding hydrogens is 296 g/mol. The van der Waals surface area contributed by atoms with E-state index in [9.17, 15) is 14.4 Å². The van der Waals surface area contributed by atoms with Crippen molar-refractivity contribution in [3.63, 3.8) is 0 Å². The van der Waals surface area contributed by atoms with Gasteiger partial charge in [0.1, 0.15) is 5.56 Å². The molecule has 7 heteroatoms. The molecule has 21 heavy (non-hydrogen) atoms. The summed E-state index contributed by atoms with van der Waals surface area (Å²) < 4.78 is 1.32. The highest BCUT2D eigenvalue weighted by molar-refractivity contribution is 6.34. The van der Waals surface area contributed by atoms with Crippen molar-refractivity contribution in [2.75, 3.05) is 5.32 Å². The monoisotopic (exact) mass is 306 g/mol. The number of aromatic nitrogens is 1. The summed E-state index contributed by atoms with van der Waals surface area (Å²) in [6.07, 6.45) is 1.45. The number of hydrogen-bond acceptors (Lipinski definition) is 3. The Morgan fingerprint density at radius 2 is 2.00 bits per heavy atom. The maximum atomic E-state index is 12.1. The Kier molecular flexibility index (Phi) is 4.09. The van der Waals surface area contributed by atoms with Crippen molar-refractivity contribution in [2.24, 2.45) is 7.05 Å². The molecule has 0 unspecified atom stereocenters. The molecule has 0 aliphatic rings. The lowest BCUT2D eigenvalue weighted by Gasteiger charge is -2.09. The Balaban J connectivity index is 2.36. The number of nitrogens with zero attached hydrogens (tertiary/aromatic N) is 1. The summed E-state index contributed by atoms with van der Waals surface area (Å²) in [7, 11) is 1.56. The van der Waals surface area contributed by atoms with E-state index in [0.717, 1.165) is 0 Å². The predicted molar refractivity (Wildman–Crippen MR) is 78.0 cm³/mol. The molecule has 1 aromatic heterocycles. The van der Waals surface area contributed by atoms with Crippen LogP contribution in [0.25, 0.3) is 0 Å². The van der Waals surface area contributed by atoms with Crippen LogP contribution in [0.2, 0.25) is 5.02 Å². The highest BCUT2D eigenvalue weighted by Crippen LogP contribution is 2.24. The van der Waals surface area contributed by atoms with Crippen molar-refractivity contribution in [3.05, 3.63) is 63.0 Å². The first kappa shape index (κ1) is 14.8. The summed E-state index contributed by atoms with van der Waals surface area (Å²) in [5, 5.41) is 11.6. The van der Waals surface area contributed by atoms with Gasteiger partial charge in [0, 0.05) is 24.9 Å². The number of pyridine rings is 1. The molecule has 0 spiro atoms. The second-order valence-electron chi connectivity index (χ2n) is 4.29. The van der Waals surface area contributed by atoms with Gasteiger partial charge in [-0.2, -0.15) is 0 Å². The van der Waals surface area contributed by atoms with Crippen molar-refractivity contribution in [1.82, 2.24) is 4.57 Å². The van der Waals surface area contributed by atoms with Crippen LogP contribution < -0.4 is 10.9 Å². The number of carboxylic acid groups (broad SMARTS) is 1. The second kappa shape index (κ2) is 5.80. The van der Waals surface area contributed by atoms with E-state index in [4.69, 9.17) is 16.7 Å². The lowest BCUT2D eigenvalue weighted by molar-refractivity contribution is 0.0698. The minimum atomic E-state index is -1.25. The number of benzene rings is 1. The molecule has 0 saturated heterocycles. The van der Waals surface area contributed by atoms with Crippen molar-refractivity contribution < 1.29 is 14.7 Å². The van der Waals surface area contributed by atoms with E-state index in [0.29, 0.717) is 0 Å². The van der Waals surface area contributed by atoms with Gasteiger partial charge in [-0.3, -0.25) is 9.59 Å². The van der Waals surface area contributed by atoms with E-state index in [1.54, 1.807) is 7.05 Å². The van der Waals surface area contributed by atoms with Gasteiger partial charge in [0.2, 0.25) is 0 Å². The van der Waals surface area contributed by atoms with Gasteiger partial charge in [-0.25, -0.2) is 4.79 Å². The van der Waals surface area contributed by atoms with Gasteiger partial charge >= 0.3 is 5.97 Å². The SMILES string of the molecule is Cn1ccc(C(=O)Nc2cccc(Cl)c2C(=O)O)cc1=O. The van der Waals surface area contributed by atoms with Crippen molar-refractivity contribution >= 4 is 29.2 Å². The summed E-state index contributed by atoms with van der Waals surface area (Å²) in [6, 6.07) is 6.99. The number of amides is 1. The van der Waals surface area contributed by atoms with Crippen LogP contribution in [0.1, 0.15) is 20.7 Å². The number of carbonyl (C=O) groups is 2. The summed E-state index contributed by atoms with van der Waals surface area (Å²) in [5.41, 5.74) is -0.335. The predicted octanol–water partition coefficient (Wildman–Crippen LogP) is 1.99. The number of hydrogen-bond donors (Lipinski definition) is 2. The van der Waals surface area contributed by atoms with Gasteiger partial charge < -0.3 is 15.0 Å². The minimum absolute atomic E-state index is 0.0178. The number of aromatic carboxylic acids is 1. The maximum absolute atomic E-state index is 12.1. The lowest BCUT2D eigenvalue weighted by Crippen LogP contribution is -2.20. The molecule has 6 nitrogen and oxygen atoms in total. The van der Waals surface area contributed by atoms with Gasteiger partial charge in [0.05, 0.1) is 10.7 Å². The van der Waals surface area contributed by atoms with Gasteiger partial charge in [0.15, 0.2) is 0 Å². The van der Waals surface area contributed by atoms with E-state index in [2.05, 4.69) is 5.32 Å². The molecule has 1 amide bonds. The number of rotatable bonds is 3. The quantitative estimate of drug-likeness (QED) is 0.907. The van der Waals surface area contributed by atoms with Gasteiger partial charge in [-0.05, 0) is 18.2 Å². The molecule has 2 rings (SSSR count). The zero-order chi connectivity index (χ0) is 15.6. The Labute approximate surface area is 124 Å². The molecule has 0 bridgehead atoms. The van der Waals surface area contributed by atoms with E-state index in [1.165, 1.54) is 41.1 Å². The normalized spacial score (nSPS) is 10.2. The number of halogens is 1. The molecular formula is C14H11ClN2O4. The Bertz CT molecular complexity index is 783. The molecule has 2 N–H and O–H groups in total. The zero-order valence-electron chi connectivity index (χ0n) is 11.0. The molecule has 0 aliphatic carbocycles. The first-order valence-corrected chi connectivity index (χ1v) is 6.28. The number of carboxylic acids is 1. The lowest BCUT2D eigenvalue weighted by atomic mass is 10.1. The van der Waals surface area contributed by atoms with Crippen LogP contribution in [0.3, 0.4) is 0 Å². The average Bonchev–Trinajstić information content (AvgIpc) is 2.41. The fourth-order valence-electron chi connectivity index (χ4n) is 1.73. The molecule has 2 aromatic rings. The molecule has 0 atom stereocenters. The fraction of sp³-hybridized carbons (Fsp3) is 0.0714.